The normalized spacial score (nSPS) is 12.1. The number of hydrogen-bond donors (Lipinski definition) is 0. The number of carbonyl (C=O) groups is 1. The Kier molecular flexibility index (Phi) is 7.96. The lowest BCUT2D eigenvalue weighted by Crippen LogP contribution is -2.14. The molecule has 0 aromatic heterocycles. The molecule has 0 radical (unpaired) electrons. The van der Waals surface area contributed by atoms with Gasteiger partial charge in [0.25, 0.3) is 5.09 Å². The summed E-state index contributed by atoms with van der Waals surface area (Å²) in [6.45, 7) is 1.41. The van der Waals surface area contributed by atoms with Crippen LogP contribution in [0.3, 0.4) is 0 Å². The van der Waals surface area contributed by atoms with Crippen LogP contribution in [0.25, 0.3) is 5.57 Å². The third-order valence-electron chi connectivity index (χ3n) is 4.08. The van der Waals surface area contributed by atoms with Crippen LogP contribution < -0.4 is 0 Å². The fraction of sp³-hybridized carbons (Fsp3) is 0.250. The minimum Gasteiger partial charge on any atom is -0.463 e. The lowest BCUT2D eigenvalue weighted by molar-refractivity contribution is -0.757. The van der Waals surface area contributed by atoms with Gasteiger partial charge in [-0.15, -0.1) is 10.1 Å². The smallest absolute Gasteiger partial charge is 0.334 e. The van der Waals surface area contributed by atoms with Gasteiger partial charge in [0.15, 0.2) is 9.84 Å². The summed E-state index contributed by atoms with van der Waals surface area (Å²) in [5.74, 6) is -0.651. The van der Waals surface area contributed by atoms with Gasteiger partial charge in [0.2, 0.25) is 0 Å². The van der Waals surface area contributed by atoms with Crippen molar-refractivity contribution < 1.29 is 27.9 Å². The van der Waals surface area contributed by atoms with E-state index in [0.717, 1.165) is 6.26 Å². The molecule has 8 nitrogen and oxygen atoms in total. The molecule has 2 rings (SSSR count). The van der Waals surface area contributed by atoms with Gasteiger partial charge in [-0.1, -0.05) is 35.9 Å². The first-order valence-corrected chi connectivity index (χ1v) is 11.1. The molecule has 0 aliphatic carbocycles. The number of halogens is 1. The topological polar surface area (TPSA) is 113 Å². The molecule has 0 bridgehead atoms. The van der Waals surface area contributed by atoms with E-state index in [4.69, 9.17) is 16.3 Å². The van der Waals surface area contributed by atoms with Crippen molar-refractivity contribution in [1.29, 1.82) is 0 Å². The first-order chi connectivity index (χ1) is 14.1. The molecule has 160 valence electrons. The Hall–Kier alpha value is -2.91. The first-order valence-electron chi connectivity index (χ1n) is 8.87. The fourth-order valence-electron chi connectivity index (χ4n) is 2.77. The fourth-order valence-corrected chi connectivity index (χ4v) is 3.53. The van der Waals surface area contributed by atoms with Crippen LogP contribution in [0.5, 0.6) is 0 Å². The van der Waals surface area contributed by atoms with Crippen molar-refractivity contribution in [3.63, 3.8) is 0 Å². The summed E-state index contributed by atoms with van der Waals surface area (Å²) in [6, 6.07) is 12.6. The molecule has 0 fully saturated rings. The Morgan fingerprint density at radius 2 is 1.60 bits per heavy atom. The molecule has 0 saturated heterocycles. The van der Waals surface area contributed by atoms with E-state index in [1.165, 1.54) is 12.1 Å². The average Bonchev–Trinajstić information content (AvgIpc) is 2.68. The van der Waals surface area contributed by atoms with Gasteiger partial charge in [0.05, 0.1) is 11.5 Å². The first kappa shape index (κ1) is 23.4. The Morgan fingerprint density at radius 3 is 2.07 bits per heavy atom. The summed E-state index contributed by atoms with van der Waals surface area (Å²) in [4.78, 5) is 27.7. The molecule has 0 unspecified atom stereocenters. The zero-order valence-electron chi connectivity index (χ0n) is 16.3. The van der Waals surface area contributed by atoms with Crippen molar-refractivity contribution in [3.8, 4) is 0 Å². The van der Waals surface area contributed by atoms with E-state index in [1.54, 1.807) is 43.3 Å². The summed E-state index contributed by atoms with van der Waals surface area (Å²) in [6.07, 6.45) is 1.00. The number of esters is 1. The molecule has 0 heterocycles. The van der Waals surface area contributed by atoms with Crippen LogP contribution in [0.15, 0.2) is 59.0 Å². The summed E-state index contributed by atoms with van der Waals surface area (Å²) < 4.78 is 28.7. The quantitative estimate of drug-likeness (QED) is 0.246. The van der Waals surface area contributed by atoms with Gasteiger partial charge in [0.1, 0.15) is 6.61 Å². The predicted molar refractivity (Wildman–Crippen MR) is 111 cm³/mol. The summed E-state index contributed by atoms with van der Waals surface area (Å²) in [5, 5.41) is 10.1. The molecular weight excluding hydrogens is 434 g/mol. The summed E-state index contributed by atoms with van der Waals surface area (Å²) in [7, 11) is -3.40. The SMILES string of the molecule is CCOC(=O)C(CCO[N+](=O)[O-])=C(c1ccc(Cl)cc1)c1ccc(S(C)(=O)=O)cc1. The van der Waals surface area contributed by atoms with Gasteiger partial charge < -0.3 is 9.57 Å². The molecule has 0 saturated carbocycles. The molecule has 0 N–H and O–H groups in total. The van der Waals surface area contributed by atoms with E-state index >= 15 is 0 Å². The maximum Gasteiger partial charge on any atom is 0.334 e. The molecule has 0 amide bonds. The highest BCUT2D eigenvalue weighted by atomic mass is 35.5. The molecule has 2 aromatic carbocycles. The van der Waals surface area contributed by atoms with Crippen LogP contribution in [-0.4, -0.2) is 38.9 Å². The third kappa shape index (κ3) is 6.30. The highest BCUT2D eigenvalue weighted by Crippen LogP contribution is 2.31. The third-order valence-corrected chi connectivity index (χ3v) is 5.46. The Labute approximate surface area is 179 Å². The Bertz CT molecular complexity index is 1050. The second kappa shape index (κ2) is 10.2. The Morgan fingerprint density at radius 1 is 1.07 bits per heavy atom. The zero-order valence-corrected chi connectivity index (χ0v) is 17.9. The number of carbonyl (C=O) groups excluding carboxylic acids is 1. The van der Waals surface area contributed by atoms with E-state index in [9.17, 15) is 23.3 Å². The maximum atomic E-state index is 12.7. The van der Waals surface area contributed by atoms with Crippen LogP contribution in [0.2, 0.25) is 5.02 Å². The van der Waals surface area contributed by atoms with Crippen molar-refractivity contribution >= 4 is 33.0 Å². The zero-order chi connectivity index (χ0) is 22.3. The van der Waals surface area contributed by atoms with Crippen molar-refractivity contribution in [2.75, 3.05) is 19.5 Å². The standard InChI is InChI=1S/C20H20ClNO7S/c1-3-28-20(23)18(12-13-29-22(24)25)19(14-4-8-16(21)9-5-14)15-6-10-17(11-7-15)30(2,26)27/h4-11H,3,12-13H2,1-2H3. The lowest BCUT2D eigenvalue weighted by Gasteiger charge is -2.16. The molecule has 2 aromatic rings. The summed E-state index contributed by atoms with van der Waals surface area (Å²) >= 11 is 5.97. The van der Waals surface area contributed by atoms with E-state index < -0.39 is 20.9 Å². The largest absolute Gasteiger partial charge is 0.463 e. The monoisotopic (exact) mass is 453 g/mol. The van der Waals surface area contributed by atoms with E-state index in [2.05, 4.69) is 4.84 Å². The predicted octanol–water partition coefficient (Wildman–Crippen LogP) is 3.71. The van der Waals surface area contributed by atoms with Crippen LogP contribution in [-0.2, 0) is 24.2 Å². The van der Waals surface area contributed by atoms with Crippen LogP contribution in [0, 0.1) is 10.1 Å². The number of sulfone groups is 1. The van der Waals surface area contributed by atoms with Gasteiger partial charge in [-0.3, -0.25) is 0 Å². The molecule has 0 spiro atoms. The van der Waals surface area contributed by atoms with Crippen LogP contribution in [0.1, 0.15) is 24.5 Å². The second-order valence-electron chi connectivity index (χ2n) is 6.18. The minimum absolute atomic E-state index is 0.0917. The minimum atomic E-state index is -3.40. The van der Waals surface area contributed by atoms with E-state index in [1.807, 2.05) is 0 Å². The molecule has 30 heavy (non-hydrogen) atoms. The highest BCUT2D eigenvalue weighted by molar-refractivity contribution is 7.90. The van der Waals surface area contributed by atoms with Crippen LogP contribution >= 0.6 is 11.6 Å². The summed E-state index contributed by atoms with van der Waals surface area (Å²) in [5.41, 5.74) is 1.75. The van der Waals surface area contributed by atoms with Crippen molar-refractivity contribution in [3.05, 3.63) is 80.4 Å². The average molecular weight is 454 g/mol. The lowest BCUT2D eigenvalue weighted by atomic mass is 9.91. The molecular formula is C20H20ClNO7S. The van der Waals surface area contributed by atoms with Crippen molar-refractivity contribution in [1.82, 2.24) is 0 Å². The number of rotatable bonds is 9. The van der Waals surface area contributed by atoms with E-state index in [-0.39, 0.29) is 30.1 Å². The number of ether oxygens (including phenoxy) is 1. The Balaban J connectivity index is 2.67. The second-order valence-corrected chi connectivity index (χ2v) is 8.64. The number of benzene rings is 2. The van der Waals surface area contributed by atoms with Crippen LogP contribution in [0.4, 0.5) is 0 Å². The molecule has 0 atom stereocenters. The molecule has 0 aliphatic heterocycles. The van der Waals surface area contributed by atoms with Gasteiger partial charge in [0, 0.05) is 23.3 Å². The molecule has 10 heteroatoms. The van der Waals surface area contributed by atoms with Gasteiger partial charge >= 0.3 is 5.97 Å². The maximum absolute atomic E-state index is 12.7. The van der Waals surface area contributed by atoms with Crippen molar-refractivity contribution in [2.24, 2.45) is 0 Å². The van der Waals surface area contributed by atoms with Gasteiger partial charge in [-0.05, 0) is 47.9 Å². The van der Waals surface area contributed by atoms with E-state index in [0.29, 0.717) is 21.7 Å². The van der Waals surface area contributed by atoms with Gasteiger partial charge in [-0.25, -0.2) is 13.2 Å². The van der Waals surface area contributed by atoms with Gasteiger partial charge in [-0.2, -0.15) is 0 Å². The molecule has 0 aliphatic rings. The number of nitrogens with zero attached hydrogens (tertiary/aromatic N) is 1. The van der Waals surface area contributed by atoms with Crippen molar-refractivity contribution in [2.45, 2.75) is 18.2 Å². The number of hydrogen-bond acceptors (Lipinski definition) is 7. The highest BCUT2D eigenvalue weighted by Gasteiger charge is 2.21.